The van der Waals surface area contributed by atoms with E-state index in [1.807, 2.05) is 19.1 Å². The van der Waals surface area contributed by atoms with Crippen LogP contribution in [0.5, 0.6) is 0 Å². The van der Waals surface area contributed by atoms with E-state index < -0.39 is 10.0 Å². The Morgan fingerprint density at radius 3 is 2.27 bits per heavy atom. The maximum absolute atomic E-state index is 12.6. The number of nitrogens with zero attached hydrogens (tertiary/aromatic N) is 2. The SMILES string of the molecule is CC(=O)NCCN1CCN(S(=O)(=O)c2ccc(C)cc2)CC1. The summed E-state index contributed by atoms with van der Waals surface area (Å²) in [7, 11) is -3.40. The highest BCUT2D eigenvalue weighted by molar-refractivity contribution is 7.89. The highest BCUT2D eigenvalue weighted by atomic mass is 32.2. The molecule has 22 heavy (non-hydrogen) atoms. The molecule has 0 saturated carbocycles. The third kappa shape index (κ3) is 4.28. The molecule has 122 valence electrons. The number of hydrogen-bond donors (Lipinski definition) is 1. The van der Waals surface area contributed by atoms with Gasteiger partial charge in [-0.05, 0) is 19.1 Å². The van der Waals surface area contributed by atoms with Crippen molar-refractivity contribution in [2.45, 2.75) is 18.7 Å². The first-order valence-corrected chi connectivity index (χ1v) is 8.87. The van der Waals surface area contributed by atoms with Crippen LogP contribution < -0.4 is 5.32 Å². The minimum Gasteiger partial charge on any atom is -0.355 e. The average Bonchev–Trinajstić information content (AvgIpc) is 2.48. The molecule has 1 aliphatic rings. The molecular weight excluding hydrogens is 302 g/mol. The van der Waals surface area contributed by atoms with Crippen LogP contribution in [0.2, 0.25) is 0 Å². The number of sulfonamides is 1. The predicted octanol–water partition coefficient (Wildman–Crippen LogP) is 0.437. The number of amides is 1. The minimum absolute atomic E-state index is 0.0411. The standard InChI is InChI=1S/C15H23N3O3S/c1-13-3-5-15(6-4-13)22(20,21)18-11-9-17(10-12-18)8-7-16-14(2)19/h3-6H,7-12H2,1-2H3,(H,16,19). The van der Waals surface area contributed by atoms with Crippen molar-refractivity contribution in [1.29, 1.82) is 0 Å². The smallest absolute Gasteiger partial charge is 0.243 e. The van der Waals surface area contributed by atoms with Gasteiger partial charge in [0, 0.05) is 46.2 Å². The van der Waals surface area contributed by atoms with Crippen molar-refractivity contribution in [2.24, 2.45) is 0 Å². The van der Waals surface area contributed by atoms with Crippen LogP contribution >= 0.6 is 0 Å². The van der Waals surface area contributed by atoms with Gasteiger partial charge in [-0.3, -0.25) is 9.69 Å². The lowest BCUT2D eigenvalue weighted by atomic mass is 10.2. The third-order valence-electron chi connectivity index (χ3n) is 3.79. The number of aryl methyl sites for hydroxylation is 1. The summed E-state index contributed by atoms with van der Waals surface area (Å²) in [6.07, 6.45) is 0. The van der Waals surface area contributed by atoms with Gasteiger partial charge in [0.05, 0.1) is 4.90 Å². The second-order valence-electron chi connectivity index (χ2n) is 5.54. The van der Waals surface area contributed by atoms with Crippen LogP contribution in [0.4, 0.5) is 0 Å². The Balaban J connectivity index is 1.90. The fourth-order valence-electron chi connectivity index (χ4n) is 2.44. The summed E-state index contributed by atoms with van der Waals surface area (Å²) in [5, 5.41) is 2.75. The van der Waals surface area contributed by atoms with Crippen molar-refractivity contribution in [2.75, 3.05) is 39.3 Å². The molecule has 0 aromatic heterocycles. The number of benzene rings is 1. The highest BCUT2D eigenvalue weighted by Crippen LogP contribution is 2.17. The third-order valence-corrected chi connectivity index (χ3v) is 5.70. The van der Waals surface area contributed by atoms with Gasteiger partial charge in [-0.25, -0.2) is 8.42 Å². The van der Waals surface area contributed by atoms with E-state index in [1.54, 1.807) is 12.1 Å². The molecule has 1 aromatic carbocycles. The van der Waals surface area contributed by atoms with Gasteiger partial charge in [0.2, 0.25) is 15.9 Å². The van der Waals surface area contributed by atoms with Crippen LogP contribution in [0.25, 0.3) is 0 Å². The van der Waals surface area contributed by atoms with Crippen LogP contribution in [-0.2, 0) is 14.8 Å². The minimum atomic E-state index is -3.40. The van der Waals surface area contributed by atoms with Crippen molar-refractivity contribution in [1.82, 2.24) is 14.5 Å². The van der Waals surface area contributed by atoms with Crippen LogP contribution in [0.3, 0.4) is 0 Å². The molecular formula is C15H23N3O3S. The lowest BCUT2D eigenvalue weighted by Crippen LogP contribution is -2.50. The molecule has 0 spiro atoms. The van der Waals surface area contributed by atoms with E-state index in [2.05, 4.69) is 10.2 Å². The van der Waals surface area contributed by atoms with E-state index in [4.69, 9.17) is 0 Å². The lowest BCUT2D eigenvalue weighted by molar-refractivity contribution is -0.119. The van der Waals surface area contributed by atoms with Gasteiger partial charge in [-0.1, -0.05) is 17.7 Å². The average molecular weight is 325 g/mol. The zero-order valence-electron chi connectivity index (χ0n) is 13.1. The molecule has 0 unspecified atom stereocenters. The van der Waals surface area contributed by atoms with E-state index in [1.165, 1.54) is 11.2 Å². The molecule has 1 saturated heterocycles. The fraction of sp³-hybridized carbons (Fsp3) is 0.533. The van der Waals surface area contributed by atoms with Gasteiger partial charge >= 0.3 is 0 Å². The van der Waals surface area contributed by atoms with Gasteiger partial charge in [0.25, 0.3) is 0 Å². The monoisotopic (exact) mass is 325 g/mol. The van der Waals surface area contributed by atoms with Crippen LogP contribution in [0.15, 0.2) is 29.2 Å². The molecule has 0 aliphatic carbocycles. The molecule has 0 bridgehead atoms. The first-order chi connectivity index (χ1) is 10.4. The van der Waals surface area contributed by atoms with E-state index in [-0.39, 0.29) is 5.91 Å². The largest absolute Gasteiger partial charge is 0.355 e. The molecule has 1 amide bonds. The lowest BCUT2D eigenvalue weighted by Gasteiger charge is -2.33. The number of rotatable bonds is 5. The fourth-order valence-corrected chi connectivity index (χ4v) is 3.87. The Morgan fingerprint density at radius 1 is 1.14 bits per heavy atom. The van der Waals surface area contributed by atoms with Crippen LogP contribution in [0, 0.1) is 6.92 Å². The van der Waals surface area contributed by atoms with Gasteiger partial charge < -0.3 is 5.32 Å². The van der Waals surface area contributed by atoms with E-state index in [9.17, 15) is 13.2 Å². The zero-order chi connectivity index (χ0) is 16.2. The number of carbonyl (C=O) groups excluding carboxylic acids is 1. The predicted molar refractivity (Wildman–Crippen MR) is 85.1 cm³/mol. The van der Waals surface area contributed by atoms with Crippen molar-refractivity contribution < 1.29 is 13.2 Å². The Hall–Kier alpha value is -1.44. The molecule has 1 aromatic rings. The molecule has 2 rings (SSSR count). The highest BCUT2D eigenvalue weighted by Gasteiger charge is 2.28. The molecule has 6 nitrogen and oxygen atoms in total. The Labute approximate surface area is 132 Å². The summed E-state index contributed by atoms with van der Waals surface area (Å²) in [4.78, 5) is 13.3. The molecule has 1 heterocycles. The second kappa shape index (κ2) is 7.21. The molecule has 7 heteroatoms. The van der Waals surface area contributed by atoms with Crippen LogP contribution in [0.1, 0.15) is 12.5 Å². The Morgan fingerprint density at radius 2 is 1.73 bits per heavy atom. The van der Waals surface area contributed by atoms with Crippen LogP contribution in [-0.4, -0.2) is 62.8 Å². The van der Waals surface area contributed by atoms with Crippen molar-refractivity contribution in [3.05, 3.63) is 29.8 Å². The van der Waals surface area contributed by atoms with E-state index in [0.717, 1.165) is 12.1 Å². The molecule has 1 fully saturated rings. The number of hydrogen-bond acceptors (Lipinski definition) is 4. The maximum Gasteiger partial charge on any atom is 0.243 e. The zero-order valence-corrected chi connectivity index (χ0v) is 13.9. The molecule has 1 aliphatic heterocycles. The number of nitrogens with one attached hydrogen (secondary N) is 1. The van der Waals surface area contributed by atoms with Crippen molar-refractivity contribution in [3.8, 4) is 0 Å². The Kier molecular flexibility index (Phi) is 5.55. The summed E-state index contributed by atoms with van der Waals surface area (Å²) in [6, 6.07) is 6.95. The summed E-state index contributed by atoms with van der Waals surface area (Å²) >= 11 is 0. The quantitative estimate of drug-likeness (QED) is 0.853. The molecule has 1 N–H and O–H groups in total. The Bertz CT molecular complexity index is 605. The summed E-state index contributed by atoms with van der Waals surface area (Å²) in [5.41, 5.74) is 1.04. The maximum atomic E-state index is 12.6. The second-order valence-corrected chi connectivity index (χ2v) is 7.48. The van der Waals surface area contributed by atoms with Gasteiger partial charge in [-0.15, -0.1) is 0 Å². The molecule has 0 radical (unpaired) electrons. The normalized spacial score (nSPS) is 17.4. The first-order valence-electron chi connectivity index (χ1n) is 7.43. The number of carbonyl (C=O) groups is 1. The summed E-state index contributed by atoms with van der Waals surface area (Å²) in [5.74, 6) is -0.0411. The first kappa shape index (κ1) is 16.9. The van der Waals surface area contributed by atoms with Gasteiger partial charge in [0.1, 0.15) is 0 Å². The van der Waals surface area contributed by atoms with E-state index >= 15 is 0 Å². The van der Waals surface area contributed by atoms with Gasteiger partial charge in [-0.2, -0.15) is 4.31 Å². The number of piperazine rings is 1. The molecule has 0 atom stereocenters. The topological polar surface area (TPSA) is 69.7 Å². The summed E-state index contributed by atoms with van der Waals surface area (Å²) in [6.45, 7) is 7.11. The summed E-state index contributed by atoms with van der Waals surface area (Å²) < 4.78 is 26.7. The van der Waals surface area contributed by atoms with Crippen molar-refractivity contribution in [3.63, 3.8) is 0 Å². The van der Waals surface area contributed by atoms with E-state index in [0.29, 0.717) is 37.6 Å². The van der Waals surface area contributed by atoms with Gasteiger partial charge in [0.15, 0.2) is 0 Å². The van der Waals surface area contributed by atoms with Crippen molar-refractivity contribution >= 4 is 15.9 Å².